The molecule has 0 amide bonds. The summed E-state index contributed by atoms with van der Waals surface area (Å²) in [6.07, 6.45) is 0. The van der Waals surface area contributed by atoms with Gasteiger partial charge >= 0.3 is 0 Å². The molecular weight excluding hydrogens is 849 g/mol. The molecule has 3 nitrogen and oxygen atoms in total. The van der Waals surface area contributed by atoms with E-state index in [-0.39, 0.29) is 0 Å². The SMILES string of the molecule is c1ccc(N(c2ccc(-c3ccc(-c4ccc(N(c5ccccc5)c5cccc6c5-c5ccccc5C65c6ccccc6-c6ccccc65)cc4)cc3)cc2)c2ccc3c(c2)oc2ccccc23)cc1. The van der Waals surface area contributed by atoms with Crippen LogP contribution in [-0.4, -0.2) is 0 Å². The maximum atomic E-state index is 6.32. The third-order valence-corrected chi connectivity index (χ3v) is 14.7. The molecule has 0 N–H and O–H groups in total. The lowest BCUT2D eigenvalue weighted by Crippen LogP contribution is -2.26. The number of nitrogens with zero attached hydrogens (tertiary/aromatic N) is 2. The fraction of sp³-hybridized carbons (Fsp3) is 0.0149. The van der Waals surface area contributed by atoms with E-state index in [1.54, 1.807) is 0 Å². The fourth-order valence-electron chi connectivity index (χ4n) is 11.7. The molecule has 1 aromatic heterocycles. The first-order chi connectivity index (χ1) is 34.7. The highest BCUT2D eigenvalue weighted by Crippen LogP contribution is 2.64. The van der Waals surface area contributed by atoms with Gasteiger partial charge in [-0.1, -0.05) is 188 Å². The molecule has 328 valence electrons. The van der Waals surface area contributed by atoms with Gasteiger partial charge in [0.05, 0.1) is 11.1 Å². The van der Waals surface area contributed by atoms with Gasteiger partial charge in [0.2, 0.25) is 0 Å². The summed E-state index contributed by atoms with van der Waals surface area (Å²) in [5.41, 5.74) is 23.1. The summed E-state index contributed by atoms with van der Waals surface area (Å²) in [6.45, 7) is 0. The average Bonchev–Trinajstić information content (AvgIpc) is 4.06. The molecule has 0 atom stereocenters. The van der Waals surface area contributed by atoms with E-state index in [2.05, 4.69) is 265 Å². The quantitative estimate of drug-likeness (QED) is 0.152. The third-order valence-electron chi connectivity index (χ3n) is 14.7. The Morgan fingerprint density at radius 1 is 0.271 bits per heavy atom. The van der Waals surface area contributed by atoms with Gasteiger partial charge in [-0.15, -0.1) is 0 Å². The Kier molecular flexibility index (Phi) is 9.11. The molecule has 0 saturated carbocycles. The Balaban J connectivity index is 0.793. The Morgan fingerprint density at radius 2 is 0.686 bits per heavy atom. The maximum absolute atomic E-state index is 6.32. The van der Waals surface area contributed by atoms with Gasteiger partial charge in [-0.05, 0) is 134 Å². The second-order valence-corrected chi connectivity index (χ2v) is 18.4. The number of benzene rings is 11. The minimum absolute atomic E-state index is 0.412. The van der Waals surface area contributed by atoms with Gasteiger partial charge in [0, 0.05) is 50.8 Å². The zero-order valence-electron chi connectivity index (χ0n) is 38.2. The summed E-state index contributed by atoms with van der Waals surface area (Å²) in [5.74, 6) is 0. The van der Waals surface area contributed by atoms with Crippen molar-refractivity contribution in [2.24, 2.45) is 0 Å². The van der Waals surface area contributed by atoms with Crippen LogP contribution in [0.1, 0.15) is 22.3 Å². The molecule has 3 heteroatoms. The largest absolute Gasteiger partial charge is 0.456 e. The van der Waals surface area contributed by atoms with E-state index >= 15 is 0 Å². The molecular formula is C67H44N2O. The highest BCUT2D eigenvalue weighted by atomic mass is 16.3. The Bertz CT molecular complexity index is 3880. The summed E-state index contributed by atoms with van der Waals surface area (Å²) in [7, 11) is 0. The van der Waals surface area contributed by atoms with Crippen LogP contribution in [0.2, 0.25) is 0 Å². The molecule has 1 heterocycles. The van der Waals surface area contributed by atoms with Crippen molar-refractivity contribution < 1.29 is 4.42 Å². The van der Waals surface area contributed by atoms with Crippen molar-refractivity contribution in [2.45, 2.75) is 5.41 Å². The van der Waals surface area contributed by atoms with E-state index < -0.39 is 5.41 Å². The van der Waals surface area contributed by atoms with Crippen molar-refractivity contribution in [3.63, 3.8) is 0 Å². The van der Waals surface area contributed by atoms with E-state index in [4.69, 9.17) is 4.42 Å². The Hall–Kier alpha value is -9.18. The molecule has 12 aromatic rings. The number of para-hydroxylation sites is 3. The Labute approximate surface area is 407 Å². The van der Waals surface area contributed by atoms with Crippen molar-refractivity contribution >= 4 is 56.1 Å². The van der Waals surface area contributed by atoms with Crippen molar-refractivity contribution in [2.75, 3.05) is 9.80 Å². The Morgan fingerprint density at radius 3 is 1.29 bits per heavy atom. The monoisotopic (exact) mass is 892 g/mol. The zero-order chi connectivity index (χ0) is 46.2. The predicted octanol–water partition coefficient (Wildman–Crippen LogP) is 18.2. The van der Waals surface area contributed by atoms with E-state index in [9.17, 15) is 0 Å². The molecule has 2 aliphatic rings. The van der Waals surface area contributed by atoms with Crippen molar-refractivity contribution in [1.82, 2.24) is 0 Å². The van der Waals surface area contributed by atoms with Gasteiger partial charge in [-0.25, -0.2) is 0 Å². The molecule has 14 rings (SSSR count). The highest BCUT2D eigenvalue weighted by molar-refractivity contribution is 6.06. The van der Waals surface area contributed by atoms with Crippen molar-refractivity contribution in [3.05, 3.63) is 289 Å². The van der Waals surface area contributed by atoms with E-state index in [1.807, 2.05) is 12.1 Å². The maximum Gasteiger partial charge on any atom is 0.137 e. The van der Waals surface area contributed by atoms with Crippen molar-refractivity contribution in [1.29, 1.82) is 0 Å². The second-order valence-electron chi connectivity index (χ2n) is 18.4. The first-order valence-electron chi connectivity index (χ1n) is 24.1. The fourth-order valence-corrected chi connectivity index (χ4v) is 11.7. The van der Waals surface area contributed by atoms with E-state index in [1.165, 1.54) is 61.2 Å². The predicted molar refractivity (Wildman–Crippen MR) is 290 cm³/mol. The second kappa shape index (κ2) is 16.0. The number of furan rings is 1. The first kappa shape index (κ1) is 39.9. The van der Waals surface area contributed by atoms with Crippen LogP contribution in [0.3, 0.4) is 0 Å². The third kappa shape index (κ3) is 6.08. The summed E-state index contributed by atoms with van der Waals surface area (Å²) in [5, 5.41) is 2.25. The van der Waals surface area contributed by atoms with Crippen LogP contribution in [0.15, 0.2) is 271 Å². The molecule has 0 aliphatic heterocycles. The summed E-state index contributed by atoms with van der Waals surface area (Å²) < 4.78 is 6.32. The average molecular weight is 893 g/mol. The number of fused-ring (bicyclic) bond motifs is 13. The smallest absolute Gasteiger partial charge is 0.137 e. The molecule has 0 bridgehead atoms. The molecule has 0 radical (unpaired) electrons. The van der Waals surface area contributed by atoms with Crippen LogP contribution in [0.5, 0.6) is 0 Å². The standard InChI is InChI=1S/C67H44N2O/c1-3-16-49(17-4-1)68(53-42-43-57-56-22-10-14-29-64(56)70-65(57)44-53)51-38-34-47(35-39-51)45-30-32-46(33-31-45)48-36-40-52(41-37-48)69(50-18-5-2-6-19-50)63-28-15-27-62-66(63)58-23-9-13-26-61(58)67(62)59-24-11-7-20-54(59)55-21-8-12-25-60(55)67/h1-44H. The van der Waals surface area contributed by atoms with Crippen molar-refractivity contribution in [3.8, 4) is 44.5 Å². The van der Waals surface area contributed by atoms with Gasteiger partial charge in [0.15, 0.2) is 0 Å². The summed E-state index contributed by atoms with van der Waals surface area (Å²) in [4.78, 5) is 4.73. The summed E-state index contributed by atoms with van der Waals surface area (Å²) >= 11 is 0. The number of rotatable bonds is 8. The molecule has 70 heavy (non-hydrogen) atoms. The van der Waals surface area contributed by atoms with Crippen LogP contribution in [0.25, 0.3) is 66.4 Å². The number of hydrogen-bond donors (Lipinski definition) is 0. The van der Waals surface area contributed by atoms with Gasteiger partial charge in [-0.2, -0.15) is 0 Å². The normalized spacial score (nSPS) is 12.7. The van der Waals surface area contributed by atoms with Gasteiger partial charge in [0.1, 0.15) is 11.2 Å². The summed E-state index contributed by atoms with van der Waals surface area (Å²) in [6, 6.07) is 97.0. The van der Waals surface area contributed by atoms with Crippen LogP contribution in [0, 0.1) is 0 Å². The minimum atomic E-state index is -0.412. The van der Waals surface area contributed by atoms with Gasteiger partial charge in [0.25, 0.3) is 0 Å². The molecule has 0 fully saturated rings. The van der Waals surface area contributed by atoms with Crippen LogP contribution in [-0.2, 0) is 5.41 Å². The van der Waals surface area contributed by atoms with Gasteiger partial charge in [-0.3, -0.25) is 0 Å². The van der Waals surface area contributed by atoms with E-state index in [0.717, 1.165) is 61.6 Å². The first-order valence-corrected chi connectivity index (χ1v) is 24.1. The topological polar surface area (TPSA) is 19.6 Å². The lowest BCUT2D eigenvalue weighted by molar-refractivity contribution is 0.669. The lowest BCUT2D eigenvalue weighted by Gasteiger charge is -2.31. The highest BCUT2D eigenvalue weighted by Gasteiger charge is 2.52. The van der Waals surface area contributed by atoms with E-state index in [0.29, 0.717) is 0 Å². The molecule has 0 unspecified atom stereocenters. The van der Waals surface area contributed by atoms with Crippen LogP contribution >= 0.6 is 0 Å². The van der Waals surface area contributed by atoms with Gasteiger partial charge < -0.3 is 14.2 Å². The zero-order valence-corrected chi connectivity index (χ0v) is 38.2. The molecule has 11 aromatic carbocycles. The molecule has 2 aliphatic carbocycles. The minimum Gasteiger partial charge on any atom is -0.456 e. The molecule has 0 saturated heterocycles. The number of anilines is 6. The van der Waals surface area contributed by atoms with Crippen LogP contribution in [0.4, 0.5) is 34.1 Å². The number of hydrogen-bond acceptors (Lipinski definition) is 3. The molecule has 1 spiro atoms. The lowest BCUT2D eigenvalue weighted by atomic mass is 9.70. The van der Waals surface area contributed by atoms with Crippen LogP contribution < -0.4 is 9.80 Å².